The Morgan fingerprint density at radius 3 is 3.24 bits per heavy atom. The molecule has 1 aromatic heterocycles. The van der Waals surface area contributed by atoms with Crippen LogP contribution in [0.2, 0.25) is 0 Å². The van der Waals surface area contributed by atoms with Gasteiger partial charge in [-0.25, -0.2) is 4.98 Å². The molecule has 1 atom stereocenters. The molecule has 3 rings (SSSR count). The summed E-state index contributed by atoms with van der Waals surface area (Å²) >= 11 is 0. The summed E-state index contributed by atoms with van der Waals surface area (Å²) in [6.45, 7) is 1.29. The van der Waals surface area contributed by atoms with Crippen molar-refractivity contribution < 1.29 is 9.47 Å². The van der Waals surface area contributed by atoms with Crippen molar-refractivity contribution in [2.45, 2.75) is 12.5 Å². The zero-order valence-corrected chi connectivity index (χ0v) is 9.18. The predicted molar refractivity (Wildman–Crippen MR) is 62.2 cm³/mol. The van der Waals surface area contributed by atoms with Gasteiger partial charge in [0.25, 0.3) is 5.56 Å². The molecule has 1 fully saturated rings. The van der Waals surface area contributed by atoms with Gasteiger partial charge in [0.15, 0.2) is 0 Å². The topological polar surface area (TPSA) is 64.2 Å². The van der Waals surface area contributed by atoms with E-state index in [9.17, 15) is 4.79 Å². The Labute approximate surface area is 97.4 Å². The minimum atomic E-state index is -0.176. The van der Waals surface area contributed by atoms with Crippen LogP contribution in [0, 0.1) is 0 Å². The molecule has 0 aliphatic carbocycles. The van der Waals surface area contributed by atoms with E-state index >= 15 is 0 Å². The highest BCUT2D eigenvalue weighted by atomic mass is 16.5. The molecule has 88 valence electrons. The molecular formula is C12H12N2O3. The number of hydrogen-bond donors (Lipinski definition) is 1. The van der Waals surface area contributed by atoms with Crippen molar-refractivity contribution in [2.75, 3.05) is 13.2 Å². The molecule has 0 saturated carbocycles. The zero-order chi connectivity index (χ0) is 11.7. The number of ether oxygens (including phenoxy) is 2. The fourth-order valence-electron chi connectivity index (χ4n) is 1.97. The van der Waals surface area contributed by atoms with Crippen LogP contribution in [0.1, 0.15) is 6.42 Å². The third-order valence-electron chi connectivity index (χ3n) is 2.81. The molecule has 0 bridgehead atoms. The molecule has 1 aromatic carbocycles. The van der Waals surface area contributed by atoms with Gasteiger partial charge in [-0.05, 0) is 12.1 Å². The lowest BCUT2D eigenvalue weighted by Crippen LogP contribution is -2.17. The van der Waals surface area contributed by atoms with Gasteiger partial charge in [0.05, 0.1) is 25.1 Å². The van der Waals surface area contributed by atoms with Crippen LogP contribution in [-0.4, -0.2) is 29.3 Å². The maximum absolute atomic E-state index is 11.8. The van der Waals surface area contributed by atoms with Crippen LogP contribution in [0.5, 0.6) is 5.75 Å². The lowest BCUT2D eigenvalue weighted by molar-refractivity contribution is 0.142. The van der Waals surface area contributed by atoms with Crippen molar-refractivity contribution >= 4 is 10.9 Å². The molecule has 1 aliphatic rings. The quantitative estimate of drug-likeness (QED) is 0.841. The Hall–Kier alpha value is -1.88. The highest BCUT2D eigenvalue weighted by molar-refractivity contribution is 5.83. The van der Waals surface area contributed by atoms with Crippen molar-refractivity contribution in [1.82, 2.24) is 9.97 Å². The Morgan fingerprint density at radius 2 is 2.41 bits per heavy atom. The van der Waals surface area contributed by atoms with E-state index in [1.807, 2.05) is 6.07 Å². The summed E-state index contributed by atoms with van der Waals surface area (Å²) in [5, 5.41) is 0.502. The number of nitrogens with zero attached hydrogens (tertiary/aromatic N) is 1. The first-order chi connectivity index (χ1) is 8.34. The average molecular weight is 232 g/mol. The third kappa shape index (κ3) is 1.89. The maximum Gasteiger partial charge on any atom is 0.262 e. The van der Waals surface area contributed by atoms with E-state index in [-0.39, 0.29) is 11.7 Å². The number of hydrogen-bond acceptors (Lipinski definition) is 4. The highest BCUT2D eigenvalue weighted by Gasteiger charge is 2.18. The second-order valence-corrected chi connectivity index (χ2v) is 3.99. The summed E-state index contributed by atoms with van der Waals surface area (Å²) < 4.78 is 11.0. The SMILES string of the molecule is O=c1[nH]cnc2cccc(OC3CCOC3)c12. The molecule has 1 N–H and O–H groups in total. The van der Waals surface area contributed by atoms with Gasteiger partial charge in [-0.1, -0.05) is 6.07 Å². The van der Waals surface area contributed by atoms with Crippen molar-refractivity contribution in [3.05, 3.63) is 34.9 Å². The average Bonchev–Trinajstić information content (AvgIpc) is 2.82. The van der Waals surface area contributed by atoms with Crippen LogP contribution in [0.3, 0.4) is 0 Å². The number of rotatable bonds is 2. The van der Waals surface area contributed by atoms with Gasteiger partial charge in [0, 0.05) is 6.42 Å². The molecule has 5 heteroatoms. The van der Waals surface area contributed by atoms with E-state index in [1.54, 1.807) is 12.1 Å². The standard InChI is InChI=1S/C12H12N2O3/c15-12-11-9(13-7-14-12)2-1-3-10(11)17-8-4-5-16-6-8/h1-3,7-8H,4-6H2,(H,13,14,15). The molecule has 2 aromatic rings. The summed E-state index contributed by atoms with van der Waals surface area (Å²) in [6.07, 6.45) is 2.28. The molecule has 2 heterocycles. The van der Waals surface area contributed by atoms with Crippen molar-refractivity contribution in [1.29, 1.82) is 0 Å². The van der Waals surface area contributed by atoms with E-state index < -0.39 is 0 Å². The second kappa shape index (κ2) is 4.18. The van der Waals surface area contributed by atoms with Gasteiger partial charge >= 0.3 is 0 Å². The number of H-pyrrole nitrogens is 1. The Morgan fingerprint density at radius 1 is 1.47 bits per heavy atom. The Kier molecular flexibility index (Phi) is 2.53. The van der Waals surface area contributed by atoms with Crippen LogP contribution in [0.25, 0.3) is 10.9 Å². The summed E-state index contributed by atoms with van der Waals surface area (Å²) in [6, 6.07) is 5.42. The summed E-state index contributed by atoms with van der Waals surface area (Å²) in [7, 11) is 0. The van der Waals surface area contributed by atoms with Crippen LogP contribution in [-0.2, 0) is 4.74 Å². The minimum absolute atomic E-state index is 0.0280. The number of nitrogens with one attached hydrogen (secondary N) is 1. The van der Waals surface area contributed by atoms with Crippen molar-refractivity contribution in [2.24, 2.45) is 0 Å². The fraction of sp³-hybridized carbons (Fsp3) is 0.333. The lowest BCUT2D eigenvalue weighted by Gasteiger charge is -2.12. The van der Waals surface area contributed by atoms with Crippen LogP contribution in [0.15, 0.2) is 29.3 Å². The molecule has 0 spiro atoms. The molecule has 0 radical (unpaired) electrons. The molecule has 1 unspecified atom stereocenters. The second-order valence-electron chi connectivity index (χ2n) is 3.99. The Bertz CT molecular complexity index is 582. The highest BCUT2D eigenvalue weighted by Crippen LogP contribution is 2.23. The molecule has 1 saturated heterocycles. The zero-order valence-electron chi connectivity index (χ0n) is 9.18. The third-order valence-corrected chi connectivity index (χ3v) is 2.81. The van der Waals surface area contributed by atoms with Crippen LogP contribution < -0.4 is 10.3 Å². The van der Waals surface area contributed by atoms with Gasteiger partial charge in [0.1, 0.15) is 17.2 Å². The Balaban J connectivity index is 2.06. The summed E-state index contributed by atoms with van der Waals surface area (Å²) in [4.78, 5) is 18.4. The summed E-state index contributed by atoms with van der Waals surface area (Å²) in [5.41, 5.74) is 0.467. The van der Waals surface area contributed by atoms with Gasteiger partial charge in [-0.3, -0.25) is 4.79 Å². The normalized spacial score (nSPS) is 19.6. The van der Waals surface area contributed by atoms with E-state index in [2.05, 4.69) is 9.97 Å². The minimum Gasteiger partial charge on any atom is -0.487 e. The van der Waals surface area contributed by atoms with E-state index in [4.69, 9.17) is 9.47 Å². The van der Waals surface area contributed by atoms with Crippen LogP contribution >= 0.6 is 0 Å². The first-order valence-corrected chi connectivity index (χ1v) is 5.55. The van der Waals surface area contributed by atoms with Crippen molar-refractivity contribution in [3.63, 3.8) is 0 Å². The smallest absolute Gasteiger partial charge is 0.262 e. The van der Waals surface area contributed by atoms with Crippen molar-refractivity contribution in [3.8, 4) is 5.75 Å². The molecule has 17 heavy (non-hydrogen) atoms. The lowest BCUT2D eigenvalue weighted by atomic mass is 10.2. The molecule has 5 nitrogen and oxygen atoms in total. The molecule has 0 amide bonds. The fourth-order valence-corrected chi connectivity index (χ4v) is 1.97. The van der Waals surface area contributed by atoms with E-state index in [0.29, 0.717) is 29.9 Å². The number of aromatic nitrogens is 2. The maximum atomic E-state index is 11.8. The first kappa shape index (κ1) is 10.3. The summed E-state index contributed by atoms with van der Waals surface area (Å²) in [5.74, 6) is 0.576. The molecular weight excluding hydrogens is 220 g/mol. The van der Waals surface area contributed by atoms with Gasteiger partial charge < -0.3 is 14.5 Å². The number of benzene rings is 1. The van der Waals surface area contributed by atoms with Gasteiger partial charge in [-0.15, -0.1) is 0 Å². The van der Waals surface area contributed by atoms with E-state index in [0.717, 1.165) is 6.42 Å². The monoisotopic (exact) mass is 232 g/mol. The van der Waals surface area contributed by atoms with E-state index in [1.165, 1.54) is 6.33 Å². The van der Waals surface area contributed by atoms with Crippen LogP contribution in [0.4, 0.5) is 0 Å². The predicted octanol–water partition coefficient (Wildman–Crippen LogP) is 1.09. The van der Waals surface area contributed by atoms with Gasteiger partial charge in [0.2, 0.25) is 0 Å². The first-order valence-electron chi connectivity index (χ1n) is 5.55. The number of fused-ring (bicyclic) bond motifs is 1. The largest absolute Gasteiger partial charge is 0.487 e. The number of aromatic amines is 1. The van der Waals surface area contributed by atoms with Gasteiger partial charge in [-0.2, -0.15) is 0 Å². The molecule has 1 aliphatic heterocycles.